The minimum absolute atomic E-state index is 0.179. The van der Waals surface area contributed by atoms with Gasteiger partial charge in [0, 0.05) is 11.6 Å². The van der Waals surface area contributed by atoms with Gasteiger partial charge in [-0.1, -0.05) is 19.9 Å². The summed E-state index contributed by atoms with van der Waals surface area (Å²) in [5.41, 5.74) is 6.35. The van der Waals surface area contributed by atoms with Gasteiger partial charge in [0.2, 0.25) is 0 Å². The van der Waals surface area contributed by atoms with Crippen molar-refractivity contribution >= 4 is 0 Å². The molecule has 106 valence electrons. The lowest BCUT2D eigenvalue weighted by Gasteiger charge is -2.32. The fourth-order valence-electron chi connectivity index (χ4n) is 3.21. The van der Waals surface area contributed by atoms with E-state index in [0.717, 1.165) is 12.8 Å². The molecular formula is C16H24FNO. The van der Waals surface area contributed by atoms with Crippen molar-refractivity contribution in [2.24, 2.45) is 17.6 Å². The van der Waals surface area contributed by atoms with Gasteiger partial charge in [0.05, 0.1) is 6.10 Å². The van der Waals surface area contributed by atoms with Gasteiger partial charge in [-0.05, 0) is 50.2 Å². The second-order valence-corrected chi connectivity index (χ2v) is 6.10. The molecule has 2 nitrogen and oxygen atoms in total. The van der Waals surface area contributed by atoms with Gasteiger partial charge in [0.25, 0.3) is 0 Å². The molecule has 3 unspecified atom stereocenters. The lowest BCUT2D eigenvalue weighted by Crippen LogP contribution is -2.29. The minimum Gasteiger partial charge on any atom is -0.490 e. The molecule has 0 radical (unpaired) electrons. The van der Waals surface area contributed by atoms with E-state index in [9.17, 15) is 4.39 Å². The zero-order valence-electron chi connectivity index (χ0n) is 12.0. The van der Waals surface area contributed by atoms with Gasteiger partial charge in [0.15, 0.2) is 0 Å². The highest BCUT2D eigenvalue weighted by molar-refractivity contribution is 5.37. The van der Waals surface area contributed by atoms with E-state index in [2.05, 4.69) is 13.8 Å². The summed E-state index contributed by atoms with van der Waals surface area (Å²) in [6.07, 6.45) is 3.51. The molecule has 1 aliphatic carbocycles. The molecule has 1 saturated carbocycles. The molecule has 3 heteroatoms. The van der Waals surface area contributed by atoms with E-state index in [4.69, 9.17) is 10.5 Å². The van der Waals surface area contributed by atoms with Crippen LogP contribution in [0.1, 0.15) is 51.6 Å². The van der Waals surface area contributed by atoms with Gasteiger partial charge >= 0.3 is 0 Å². The maximum absolute atomic E-state index is 13.8. The Labute approximate surface area is 115 Å². The topological polar surface area (TPSA) is 35.2 Å². The van der Waals surface area contributed by atoms with E-state index in [0.29, 0.717) is 23.1 Å². The largest absolute Gasteiger partial charge is 0.490 e. The predicted molar refractivity (Wildman–Crippen MR) is 75.6 cm³/mol. The van der Waals surface area contributed by atoms with E-state index in [1.54, 1.807) is 13.0 Å². The van der Waals surface area contributed by atoms with Crippen molar-refractivity contribution < 1.29 is 9.13 Å². The van der Waals surface area contributed by atoms with Crippen LogP contribution >= 0.6 is 0 Å². The molecule has 2 rings (SSSR count). The van der Waals surface area contributed by atoms with Crippen LogP contribution < -0.4 is 10.5 Å². The molecule has 0 amide bonds. The zero-order valence-corrected chi connectivity index (χ0v) is 12.0. The fourth-order valence-corrected chi connectivity index (χ4v) is 3.21. The Morgan fingerprint density at radius 3 is 2.42 bits per heavy atom. The lowest BCUT2D eigenvalue weighted by molar-refractivity contribution is 0.0993. The molecule has 2 N–H and O–H groups in total. The van der Waals surface area contributed by atoms with Gasteiger partial charge < -0.3 is 10.5 Å². The highest BCUT2D eigenvalue weighted by atomic mass is 19.1. The van der Waals surface area contributed by atoms with Crippen LogP contribution in [0.2, 0.25) is 0 Å². The van der Waals surface area contributed by atoms with E-state index in [1.165, 1.54) is 12.5 Å². The summed E-state index contributed by atoms with van der Waals surface area (Å²) in [6.45, 7) is 6.30. The molecule has 3 atom stereocenters. The Kier molecular flexibility index (Phi) is 4.46. The molecular weight excluding hydrogens is 241 g/mol. The van der Waals surface area contributed by atoms with Crippen molar-refractivity contribution in [3.05, 3.63) is 29.6 Å². The fraction of sp³-hybridized carbons (Fsp3) is 0.625. The third kappa shape index (κ3) is 3.47. The van der Waals surface area contributed by atoms with E-state index < -0.39 is 0 Å². The summed E-state index contributed by atoms with van der Waals surface area (Å²) in [7, 11) is 0. The first kappa shape index (κ1) is 14.3. The number of ether oxygens (including phenoxy) is 1. The average Bonchev–Trinajstić information content (AvgIpc) is 2.26. The van der Waals surface area contributed by atoms with E-state index in [1.807, 2.05) is 6.07 Å². The summed E-state index contributed by atoms with van der Waals surface area (Å²) in [6, 6.07) is 4.60. The molecule has 1 aliphatic rings. The van der Waals surface area contributed by atoms with Gasteiger partial charge in [-0.3, -0.25) is 0 Å². The third-order valence-corrected chi connectivity index (χ3v) is 3.90. The van der Waals surface area contributed by atoms with Gasteiger partial charge in [-0.2, -0.15) is 0 Å². The minimum atomic E-state index is -0.352. The number of benzene rings is 1. The van der Waals surface area contributed by atoms with Crippen LogP contribution in [-0.2, 0) is 0 Å². The Bertz CT molecular complexity index is 423. The molecule has 0 spiro atoms. The number of rotatable bonds is 3. The highest BCUT2D eigenvalue weighted by Gasteiger charge is 2.26. The van der Waals surface area contributed by atoms with Gasteiger partial charge in [0.1, 0.15) is 11.6 Å². The van der Waals surface area contributed by atoms with Crippen molar-refractivity contribution in [2.75, 3.05) is 0 Å². The van der Waals surface area contributed by atoms with Crippen LogP contribution in [0.25, 0.3) is 0 Å². The van der Waals surface area contributed by atoms with Crippen molar-refractivity contribution in [1.82, 2.24) is 0 Å². The first-order valence-electron chi connectivity index (χ1n) is 7.18. The summed E-state index contributed by atoms with van der Waals surface area (Å²) < 4.78 is 19.9. The summed E-state index contributed by atoms with van der Waals surface area (Å²) in [5.74, 6) is 1.67. The van der Waals surface area contributed by atoms with Crippen molar-refractivity contribution in [3.8, 4) is 5.75 Å². The SMILES string of the molecule is CC1CC(C)CC(Oc2cccc(F)c2C(C)N)C1. The van der Waals surface area contributed by atoms with Gasteiger partial charge in [-0.25, -0.2) is 4.39 Å². The van der Waals surface area contributed by atoms with E-state index >= 15 is 0 Å². The van der Waals surface area contributed by atoms with Crippen molar-refractivity contribution in [3.63, 3.8) is 0 Å². The molecule has 0 saturated heterocycles. The molecule has 0 bridgehead atoms. The second kappa shape index (κ2) is 5.91. The Morgan fingerprint density at radius 2 is 1.84 bits per heavy atom. The maximum atomic E-state index is 13.8. The predicted octanol–water partition coefficient (Wildman–Crippen LogP) is 4.05. The number of nitrogens with two attached hydrogens (primary N) is 1. The summed E-state index contributed by atoms with van der Waals surface area (Å²) in [5, 5.41) is 0. The third-order valence-electron chi connectivity index (χ3n) is 3.90. The van der Waals surface area contributed by atoms with Crippen LogP contribution in [0.3, 0.4) is 0 Å². The summed E-state index contributed by atoms with van der Waals surface area (Å²) >= 11 is 0. The Balaban J connectivity index is 2.17. The van der Waals surface area contributed by atoms with Crippen molar-refractivity contribution in [2.45, 2.75) is 52.2 Å². The maximum Gasteiger partial charge on any atom is 0.131 e. The highest BCUT2D eigenvalue weighted by Crippen LogP contribution is 2.34. The molecule has 0 aliphatic heterocycles. The molecule has 0 heterocycles. The standard InChI is InChI=1S/C16H24FNO/c1-10-7-11(2)9-13(8-10)19-15-6-4-5-14(17)16(15)12(3)18/h4-6,10-13H,7-9,18H2,1-3H3. The lowest BCUT2D eigenvalue weighted by atomic mass is 9.82. The monoisotopic (exact) mass is 265 g/mol. The van der Waals surface area contributed by atoms with Gasteiger partial charge in [-0.15, -0.1) is 0 Å². The number of halogens is 1. The molecule has 1 aromatic carbocycles. The Morgan fingerprint density at radius 1 is 1.21 bits per heavy atom. The van der Waals surface area contributed by atoms with Crippen LogP contribution in [-0.4, -0.2) is 6.10 Å². The van der Waals surface area contributed by atoms with Crippen LogP contribution in [0, 0.1) is 17.7 Å². The normalized spacial score (nSPS) is 29.0. The quantitative estimate of drug-likeness (QED) is 0.895. The van der Waals surface area contributed by atoms with E-state index in [-0.39, 0.29) is 18.0 Å². The molecule has 0 aromatic heterocycles. The zero-order chi connectivity index (χ0) is 14.0. The van der Waals surface area contributed by atoms with Crippen molar-refractivity contribution in [1.29, 1.82) is 0 Å². The first-order chi connectivity index (χ1) is 8.97. The second-order valence-electron chi connectivity index (χ2n) is 6.10. The summed E-state index contributed by atoms with van der Waals surface area (Å²) in [4.78, 5) is 0. The molecule has 1 aromatic rings. The van der Waals surface area contributed by atoms with Crippen LogP contribution in [0.4, 0.5) is 4.39 Å². The number of hydrogen-bond donors (Lipinski definition) is 1. The van der Waals surface area contributed by atoms with Crippen LogP contribution in [0.5, 0.6) is 5.75 Å². The number of hydrogen-bond acceptors (Lipinski definition) is 2. The smallest absolute Gasteiger partial charge is 0.131 e. The molecule has 19 heavy (non-hydrogen) atoms. The average molecular weight is 265 g/mol. The Hall–Kier alpha value is -1.09. The molecule has 1 fully saturated rings. The first-order valence-corrected chi connectivity index (χ1v) is 7.18. The van der Waals surface area contributed by atoms with Crippen LogP contribution in [0.15, 0.2) is 18.2 Å².